The fourth-order valence-corrected chi connectivity index (χ4v) is 2.94. The first kappa shape index (κ1) is 17.2. The van der Waals surface area contributed by atoms with E-state index in [-0.39, 0.29) is 12.6 Å². The van der Waals surface area contributed by atoms with Crippen molar-refractivity contribution >= 4 is 35.9 Å². The number of rotatable bonds is 6. The topological polar surface area (TPSA) is 69.2 Å². The minimum atomic E-state index is -1.01. The number of aliphatic imine (C=N–C) groups is 2. The molecule has 2 rings (SSSR count). The Morgan fingerprint density at radius 2 is 2.27 bits per heavy atom. The monoisotopic (exact) mass is 343 g/mol. The predicted molar refractivity (Wildman–Crippen MR) is 89.9 cm³/mol. The molecule has 0 aromatic heterocycles. The number of hydrogen-bond acceptors (Lipinski definition) is 3. The normalized spacial score (nSPS) is 25.5. The van der Waals surface area contributed by atoms with Gasteiger partial charge in [-0.15, -0.1) is 0 Å². The summed E-state index contributed by atoms with van der Waals surface area (Å²) in [5, 5.41) is 1.05. The average molecular weight is 344 g/mol. The summed E-state index contributed by atoms with van der Waals surface area (Å²) in [4.78, 5) is 7.95. The van der Waals surface area contributed by atoms with Crippen LogP contribution in [0.5, 0.6) is 0 Å². The number of halogens is 2. The Balaban J connectivity index is 2.29. The predicted octanol–water partition coefficient (Wildman–Crippen LogP) is 3.38. The molecule has 2 unspecified atom stereocenters. The van der Waals surface area contributed by atoms with E-state index in [4.69, 9.17) is 38.4 Å². The highest BCUT2D eigenvalue weighted by Gasteiger charge is 2.44. The van der Waals surface area contributed by atoms with Crippen molar-refractivity contribution in [3.63, 3.8) is 0 Å². The van der Waals surface area contributed by atoms with Crippen LogP contribution < -0.4 is 5.73 Å². The van der Waals surface area contributed by atoms with Crippen LogP contribution in [0, 0.1) is 0 Å². The first-order chi connectivity index (χ1) is 10.6. The molecule has 0 saturated carbocycles. The van der Waals surface area contributed by atoms with Crippen LogP contribution >= 0.6 is 23.2 Å². The van der Waals surface area contributed by atoms with Crippen LogP contribution in [0.3, 0.4) is 0 Å². The summed E-state index contributed by atoms with van der Waals surface area (Å²) >= 11 is 12.3. The van der Waals surface area contributed by atoms with Crippen molar-refractivity contribution in [1.29, 1.82) is 0 Å². The second kappa shape index (κ2) is 7.92. The molecule has 1 aliphatic heterocycles. The molecule has 120 valence electrons. The van der Waals surface area contributed by atoms with Crippen molar-refractivity contribution in [3.8, 4) is 0 Å². The number of hydrogen-bond donors (Lipinski definition) is 1. The minimum absolute atomic E-state index is 0.0185. The summed E-state index contributed by atoms with van der Waals surface area (Å²) in [7, 11) is 0. The Morgan fingerprint density at radius 1 is 1.45 bits per heavy atom. The van der Waals surface area contributed by atoms with Gasteiger partial charge in [0.2, 0.25) is 5.79 Å². The SMILES string of the molecule is CCCC1COC(CN=CN=CN)(c2ccc(Cl)cc2Cl)O1. The third kappa shape index (κ3) is 3.98. The van der Waals surface area contributed by atoms with Gasteiger partial charge in [-0.05, 0) is 18.6 Å². The number of benzene rings is 1. The Morgan fingerprint density at radius 3 is 2.95 bits per heavy atom. The van der Waals surface area contributed by atoms with Crippen LogP contribution in [0.4, 0.5) is 0 Å². The molecule has 7 heteroatoms. The molecule has 1 aromatic rings. The standard InChI is InChI=1S/C15H19Cl2N3O2/c1-2-3-12-7-21-15(22-12,8-19-10-20-9-18)13-5-4-11(16)6-14(13)17/h4-6,9-10,12H,2-3,7-8H2,1H3,(H2,18,19,20). The van der Waals surface area contributed by atoms with Gasteiger partial charge in [-0.25, -0.2) is 4.99 Å². The Hall–Kier alpha value is -1.14. The molecule has 0 radical (unpaired) electrons. The lowest BCUT2D eigenvalue weighted by molar-refractivity contribution is -0.168. The van der Waals surface area contributed by atoms with Crippen molar-refractivity contribution in [2.24, 2.45) is 15.7 Å². The minimum Gasteiger partial charge on any atom is -0.390 e. The summed E-state index contributed by atoms with van der Waals surface area (Å²) in [5.41, 5.74) is 5.90. The highest BCUT2D eigenvalue weighted by Crippen LogP contribution is 2.40. The molecule has 0 bridgehead atoms. The fourth-order valence-electron chi connectivity index (χ4n) is 2.38. The Labute approximate surface area is 140 Å². The molecule has 5 nitrogen and oxygen atoms in total. The second-order valence-electron chi connectivity index (χ2n) is 4.97. The zero-order chi connectivity index (χ0) is 16.0. The second-order valence-corrected chi connectivity index (χ2v) is 5.81. The third-order valence-corrected chi connectivity index (χ3v) is 3.89. The van der Waals surface area contributed by atoms with E-state index in [0.717, 1.165) is 12.8 Å². The molecule has 1 fully saturated rings. The molecule has 1 aromatic carbocycles. The third-order valence-electron chi connectivity index (χ3n) is 3.35. The van der Waals surface area contributed by atoms with E-state index in [0.29, 0.717) is 22.2 Å². The molecule has 2 N–H and O–H groups in total. The van der Waals surface area contributed by atoms with Crippen LogP contribution in [0.25, 0.3) is 0 Å². The van der Waals surface area contributed by atoms with Crippen LogP contribution in [-0.4, -0.2) is 31.9 Å². The lowest BCUT2D eigenvalue weighted by Gasteiger charge is -2.27. The number of ether oxygens (including phenoxy) is 2. The molecular formula is C15H19Cl2N3O2. The maximum Gasteiger partial charge on any atom is 0.217 e. The summed E-state index contributed by atoms with van der Waals surface area (Å²) < 4.78 is 12.1. The summed E-state index contributed by atoms with van der Waals surface area (Å²) in [5.74, 6) is -1.01. The maximum atomic E-state index is 6.32. The van der Waals surface area contributed by atoms with Gasteiger partial charge in [-0.3, -0.25) is 4.99 Å². The van der Waals surface area contributed by atoms with E-state index >= 15 is 0 Å². The van der Waals surface area contributed by atoms with E-state index in [1.807, 2.05) is 0 Å². The van der Waals surface area contributed by atoms with Gasteiger partial charge in [-0.1, -0.05) is 42.6 Å². The Kier molecular flexibility index (Phi) is 6.20. The van der Waals surface area contributed by atoms with Gasteiger partial charge in [0.25, 0.3) is 0 Å². The van der Waals surface area contributed by atoms with Gasteiger partial charge in [0, 0.05) is 10.6 Å². The van der Waals surface area contributed by atoms with E-state index < -0.39 is 5.79 Å². The average Bonchev–Trinajstić information content (AvgIpc) is 2.88. The van der Waals surface area contributed by atoms with Crippen molar-refractivity contribution < 1.29 is 9.47 Å². The highest BCUT2D eigenvalue weighted by molar-refractivity contribution is 6.35. The molecule has 22 heavy (non-hydrogen) atoms. The molecule has 0 spiro atoms. The summed E-state index contributed by atoms with van der Waals surface area (Å²) in [6.07, 6.45) is 4.48. The first-order valence-corrected chi connectivity index (χ1v) is 7.86. The van der Waals surface area contributed by atoms with Crippen LogP contribution in [0.1, 0.15) is 25.3 Å². The van der Waals surface area contributed by atoms with Gasteiger partial charge >= 0.3 is 0 Å². The van der Waals surface area contributed by atoms with Crippen molar-refractivity contribution in [2.75, 3.05) is 13.2 Å². The summed E-state index contributed by atoms with van der Waals surface area (Å²) in [6, 6.07) is 5.23. The van der Waals surface area contributed by atoms with Gasteiger partial charge in [0.05, 0.1) is 30.6 Å². The van der Waals surface area contributed by atoms with Crippen molar-refractivity contribution in [2.45, 2.75) is 31.7 Å². The molecule has 1 heterocycles. The molecule has 2 atom stereocenters. The van der Waals surface area contributed by atoms with Gasteiger partial charge in [0.15, 0.2) is 0 Å². The van der Waals surface area contributed by atoms with Crippen molar-refractivity contribution in [1.82, 2.24) is 0 Å². The van der Waals surface area contributed by atoms with E-state index in [1.54, 1.807) is 18.2 Å². The Bertz CT molecular complexity index is 566. The molecule has 0 aliphatic carbocycles. The largest absolute Gasteiger partial charge is 0.390 e. The molecule has 0 amide bonds. The fraction of sp³-hybridized carbons (Fsp3) is 0.467. The maximum absolute atomic E-state index is 6.32. The van der Waals surface area contributed by atoms with E-state index in [9.17, 15) is 0 Å². The van der Waals surface area contributed by atoms with Gasteiger partial charge in [-0.2, -0.15) is 0 Å². The van der Waals surface area contributed by atoms with Crippen LogP contribution in [0.15, 0.2) is 28.2 Å². The lowest BCUT2D eigenvalue weighted by Crippen LogP contribution is -2.32. The van der Waals surface area contributed by atoms with Gasteiger partial charge < -0.3 is 15.2 Å². The summed E-state index contributed by atoms with van der Waals surface area (Å²) in [6.45, 7) is 2.85. The smallest absolute Gasteiger partial charge is 0.217 e. The van der Waals surface area contributed by atoms with E-state index in [1.165, 1.54) is 12.7 Å². The van der Waals surface area contributed by atoms with Crippen molar-refractivity contribution in [3.05, 3.63) is 33.8 Å². The van der Waals surface area contributed by atoms with Crippen LogP contribution in [0.2, 0.25) is 10.0 Å². The highest BCUT2D eigenvalue weighted by atomic mass is 35.5. The first-order valence-electron chi connectivity index (χ1n) is 7.10. The lowest BCUT2D eigenvalue weighted by atomic mass is 10.1. The number of nitrogens with zero attached hydrogens (tertiary/aromatic N) is 2. The zero-order valence-corrected chi connectivity index (χ0v) is 13.8. The molecule has 1 aliphatic rings. The molecular weight excluding hydrogens is 325 g/mol. The number of nitrogens with two attached hydrogens (primary N) is 1. The van der Waals surface area contributed by atoms with Crippen LogP contribution in [-0.2, 0) is 15.3 Å². The zero-order valence-electron chi connectivity index (χ0n) is 12.3. The van der Waals surface area contributed by atoms with Gasteiger partial charge in [0.1, 0.15) is 6.34 Å². The van der Waals surface area contributed by atoms with E-state index in [2.05, 4.69) is 16.9 Å². The molecule has 1 saturated heterocycles. The quantitative estimate of drug-likeness (QED) is 0.635.